The van der Waals surface area contributed by atoms with E-state index in [4.69, 9.17) is 4.74 Å². The third kappa shape index (κ3) is 7.58. The molecular formula is C27H44N4O4. The normalized spacial score (nSPS) is 22.3. The lowest BCUT2D eigenvalue weighted by molar-refractivity contribution is 0.0330. The topological polar surface area (TPSA) is 94.1 Å². The highest BCUT2D eigenvalue weighted by molar-refractivity contribution is 5.99. The predicted molar refractivity (Wildman–Crippen MR) is 139 cm³/mol. The van der Waals surface area contributed by atoms with Gasteiger partial charge in [0, 0.05) is 37.3 Å². The Balaban J connectivity index is 1.83. The fraction of sp³-hybridized carbons (Fsp3) is 0.704. The molecule has 0 unspecified atom stereocenters. The van der Waals surface area contributed by atoms with Crippen molar-refractivity contribution in [1.82, 2.24) is 15.1 Å². The number of nitrogens with one attached hydrogen (secondary N) is 2. The summed E-state index contributed by atoms with van der Waals surface area (Å²) in [5.41, 5.74) is 0.925. The Morgan fingerprint density at radius 3 is 2.57 bits per heavy atom. The van der Waals surface area contributed by atoms with E-state index in [1.807, 2.05) is 20.8 Å². The minimum Gasteiger partial charge on any atom is -0.488 e. The number of nitrogens with zero attached hydrogens (tertiary/aromatic N) is 2. The Labute approximate surface area is 210 Å². The van der Waals surface area contributed by atoms with Crippen molar-refractivity contribution in [2.24, 2.45) is 11.8 Å². The number of ether oxygens (including phenoxy) is 1. The van der Waals surface area contributed by atoms with Gasteiger partial charge in [-0.3, -0.25) is 4.79 Å². The van der Waals surface area contributed by atoms with Gasteiger partial charge in [0.15, 0.2) is 0 Å². The summed E-state index contributed by atoms with van der Waals surface area (Å²) in [5.74, 6) is 1.14. The van der Waals surface area contributed by atoms with Crippen molar-refractivity contribution in [3.05, 3.63) is 23.8 Å². The second kappa shape index (κ2) is 12.6. The molecule has 8 heteroatoms. The summed E-state index contributed by atoms with van der Waals surface area (Å²) < 4.78 is 6.49. The zero-order chi connectivity index (χ0) is 25.5. The Morgan fingerprint density at radius 2 is 1.91 bits per heavy atom. The number of hydrogen-bond donors (Lipinski definition) is 3. The minimum atomic E-state index is -0.324. The highest BCUT2D eigenvalue weighted by atomic mass is 16.5. The van der Waals surface area contributed by atoms with E-state index in [0.717, 1.165) is 19.0 Å². The highest BCUT2D eigenvalue weighted by Crippen LogP contribution is 2.31. The maximum Gasteiger partial charge on any atom is 0.319 e. The Bertz CT molecular complexity index is 856. The van der Waals surface area contributed by atoms with Gasteiger partial charge in [-0.15, -0.1) is 0 Å². The summed E-state index contributed by atoms with van der Waals surface area (Å²) in [7, 11) is 2.16. The van der Waals surface area contributed by atoms with E-state index in [1.54, 1.807) is 23.1 Å². The summed E-state index contributed by atoms with van der Waals surface area (Å²) >= 11 is 0. The van der Waals surface area contributed by atoms with Crippen LogP contribution in [0, 0.1) is 11.8 Å². The van der Waals surface area contributed by atoms with Crippen molar-refractivity contribution >= 4 is 17.6 Å². The van der Waals surface area contributed by atoms with Gasteiger partial charge in [0.1, 0.15) is 11.9 Å². The summed E-state index contributed by atoms with van der Waals surface area (Å²) in [5, 5.41) is 15.4. The van der Waals surface area contributed by atoms with Gasteiger partial charge in [-0.05, 0) is 64.8 Å². The van der Waals surface area contributed by atoms with Crippen molar-refractivity contribution in [3.8, 4) is 5.75 Å². The molecule has 1 aliphatic heterocycles. The van der Waals surface area contributed by atoms with Crippen molar-refractivity contribution in [2.75, 3.05) is 38.6 Å². The molecule has 0 saturated heterocycles. The van der Waals surface area contributed by atoms with Crippen LogP contribution in [0.15, 0.2) is 18.2 Å². The first-order valence-electron chi connectivity index (χ1n) is 13.2. The molecule has 1 aromatic rings. The predicted octanol–water partition coefficient (Wildman–Crippen LogP) is 3.95. The van der Waals surface area contributed by atoms with Gasteiger partial charge in [-0.1, -0.05) is 26.2 Å². The smallest absolute Gasteiger partial charge is 0.319 e. The number of carbonyl (C=O) groups excluding carboxylic acids is 2. The van der Waals surface area contributed by atoms with Gasteiger partial charge in [0.05, 0.1) is 18.2 Å². The van der Waals surface area contributed by atoms with Gasteiger partial charge in [0.25, 0.3) is 5.91 Å². The Kier molecular flexibility index (Phi) is 9.80. The molecule has 2 aliphatic rings. The molecule has 0 radical (unpaired) electrons. The third-order valence-electron chi connectivity index (χ3n) is 7.13. The number of aliphatic hydroxyl groups is 1. The van der Waals surface area contributed by atoms with Crippen molar-refractivity contribution in [1.29, 1.82) is 0 Å². The SMILES string of the molecule is CC(C)NC(=O)Nc1ccc2c(c1)C(=O)N([C@@H](C)CO)C[C@@H](C)[C@H](CN(C)CC1CCCCC1)O2. The average molecular weight is 489 g/mol. The van der Waals surface area contributed by atoms with Crippen LogP contribution in [0.5, 0.6) is 5.75 Å². The van der Waals surface area contributed by atoms with Crippen molar-refractivity contribution < 1.29 is 19.4 Å². The number of hydrogen-bond acceptors (Lipinski definition) is 5. The number of fused-ring (bicyclic) bond motifs is 1. The van der Waals surface area contributed by atoms with Crippen LogP contribution in [0.2, 0.25) is 0 Å². The molecule has 1 fully saturated rings. The van der Waals surface area contributed by atoms with Gasteiger partial charge >= 0.3 is 6.03 Å². The van der Waals surface area contributed by atoms with Crippen LogP contribution in [0.3, 0.4) is 0 Å². The molecule has 3 atom stereocenters. The van der Waals surface area contributed by atoms with E-state index in [9.17, 15) is 14.7 Å². The van der Waals surface area contributed by atoms with Crippen molar-refractivity contribution in [3.63, 3.8) is 0 Å². The average Bonchev–Trinajstić information content (AvgIpc) is 2.81. The fourth-order valence-corrected chi connectivity index (χ4v) is 5.14. The number of carbonyl (C=O) groups is 2. The molecule has 0 aromatic heterocycles. The van der Waals surface area contributed by atoms with Gasteiger partial charge in [-0.2, -0.15) is 0 Å². The number of likely N-dealkylation sites (N-methyl/N-ethyl adjacent to an activating group) is 1. The number of urea groups is 1. The fourth-order valence-electron chi connectivity index (χ4n) is 5.14. The first-order valence-corrected chi connectivity index (χ1v) is 13.2. The van der Waals surface area contributed by atoms with E-state index in [2.05, 4.69) is 29.5 Å². The zero-order valence-corrected chi connectivity index (χ0v) is 22.0. The zero-order valence-electron chi connectivity index (χ0n) is 22.0. The highest BCUT2D eigenvalue weighted by Gasteiger charge is 2.34. The van der Waals surface area contributed by atoms with Gasteiger partial charge in [0.2, 0.25) is 0 Å². The van der Waals surface area contributed by atoms with E-state index in [1.165, 1.54) is 32.1 Å². The quantitative estimate of drug-likeness (QED) is 0.515. The first kappa shape index (κ1) is 27.3. The molecule has 1 heterocycles. The van der Waals surface area contributed by atoms with Crippen molar-refractivity contribution in [2.45, 2.75) is 78.0 Å². The van der Waals surface area contributed by atoms with Crippen LogP contribution in [-0.2, 0) is 0 Å². The van der Waals surface area contributed by atoms with Crippen LogP contribution in [0.25, 0.3) is 0 Å². The second-order valence-electron chi connectivity index (χ2n) is 10.8. The maximum atomic E-state index is 13.5. The summed E-state index contributed by atoms with van der Waals surface area (Å²) in [6.45, 7) is 9.95. The summed E-state index contributed by atoms with van der Waals surface area (Å²) in [6, 6.07) is 4.56. The first-order chi connectivity index (χ1) is 16.7. The number of aliphatic hydroxyl groups excluding tert-OH is 1. The van der Waals surface area contributed by atoms with E-state index in [-0.39, 0.29) is 42.7 Å². The van der Waals surface area contributed by atoms with E-state index < -0.39 is 0 Å². The molecule has 1 aromatic carbocycles. The Morgan fingerprint density at radius 1 is 1.20 bits per heavy atom. The molecule has 0 spiro atoms. The molecule has 196 valence electrons. The molecular weight excluding hydrogens is 444 g/mol. The molecule has 35 heavy (non-hydrogen) atoms. The molecule has 3 amide bonds. The maximum absolute atomic E-state index is 13.5. The van der Waals surface area contributed by atoms with Crippen LogP contribution < -0.4 is 15.4 Å². The monoisotopic (exact) mass is 488 g/mol. The molecule has 8 nitrogen and oxygen atoms in total. The summed E-state index contributed by atoms with van der Waals surface area (Å²) in [6.07, 6.45) is 6.48. The number of benzene rings is 1. The molecule has 1 aliphatic carbocycles. The van der Waals surface area contributed by atoms with Crippen LogP contribution in [0.1, 0.15) is 70.2 Å². The lowest BCUT2D eigenvalue weighted by atomic mass is 9.89. The largest absolute Gasteiger partial charge is 0.488 e. The lowest BCUT2D eigenvalue weighted by Gasteiger charge is -2.38. The molecule has 3 rings (SSSR count). The third-order valence-corrected chi connectivity index (χ3v) is 7.13. The number of rotatable bonds is 8. The number of anilines is 1. The van der Waals surface area contributed by atoms with Crippen LogP contribution in [-0.4, -0.2) is 78.3 Å². The van der Waals surface area contributed by atoms with E-state index in [0.29, 0.717) is 23.5 Å². The standard InChI is InChI=1S/C27H44N4O4/c1-18(2)28-27(34)29-22-11-12-24-23(13-22)26(33)31(20(4)17-32)14-19(3)25(35-24)16-30(5)15-21-9-7-6-8-10-21/h11-13,18-21,25,32H,6-10,14-17H2,1-5H3,(H2,28,29,34)/t19-,20+,25+/m1/s1. The van der Waals surface area contributed by atoms with Gasteiger partial charge < -0.3 is 30.3 Å². The van der Waals surface area contributed by atoms with Gasteiger partial charge in [-0.25, -0.2) is 4.79 Å². The van der Waals surface area contributed by atoms with Crippen LogP contribution >= 0.6 is 0 Å². The molecule has 0 bridgehead atoms. The van der Waals surface area contributed by atoms with E-state index >= 15 is 0 Å². The Hall–Kier alpha value is -2.32. The molecule has 3 N–H and O–H groups in total. The minimum absolute atomic E-state index is 0.00181. The summed E-state index contributed by atoms with van der Waals surface area (Å²) in [4.78, 5) is 29.8. The molecule has 1 saturated carbocycles. The lowest BCUT2D eigenvalue weighted by Crippen LogP contribution is -2.50. The van der Waals surface area contributed by atoms with Crippen LogP contribution in [0.4, 0.5) is 10.5 Å². The second-order valence-corrected chi connectivity index (χ2v) is 10.8. The number of amides is 3.